The number of carbonyl (C=O) groups is 1. The Morgan fingerprint density at radius 2 is 2.58 bits per heavy atom. The maximum absolute atomic E-state index is 11.4. The zero-order chi connectivity index (χ0) is 8.97. The van der Waals surface area contributed by atoms with Crippen molar-refractivity contribution in [2.24, 2.45) is 0 Å². The Bertz CT molecular complexity index is 165. The first-order chi connectivity index (χ1) is 5.79. The summed E-state index contributed by atoms with van der Waals surface area (Å²) in [5.41, 5.74) is 0. The summed E-state index contributed by atoms with van der Waals surface area (Å²) in [5, 5.41) is 2.86. The molecule has 1 heterocycles. The molecule has 1 amide bonds. The number of hydrogen-bond donors (Lipinski definition) is 2. The Labute approximate surface area is 82.7 Å². The third-order valence-corrected chi connectivity index (χ3v) is 3.34. The van der Waals surface area contributed by atoms with Gasteiger partial charge in [0.2, 0.25) is 5.91 Å². The highest BCUT2D eigenvalue weighted by molar-refractivity contribution is 7.99. The van der Waals surface area contributed by atoms with E-state index >= 15 is 0 Å². The van der Waals surface area contributed by atoms with Gasteiger partial charge in [0.25, 0.3) is 0 Å². The summed E-state index contributed by atoms with van der Waals surface area (Å²) in [6.45, 7) is 0.435. The Hall–Kier alpha value is 0.130. The van der Waals surface area contributed by atoms with Crippen molar-refractivity contribution in [1.29, 1.82) is 0 Å². The SMILES string of the molecule is CNCC(=O)N1CSCC1CS. The van der Waals surface area contributed by atoms with Crippen molar-refractivity contribution < 1.29 is 4.79 Å². The minimum absolute atomic E-state index is 0.182. The van der Waals surface area contributed by atoms with Crippen LogP contribution in [0.15, 0.2) is 0 Å². The van der Waals surface area contributed by atoms with Crippen LogP contribution in [0.3, 0.4) is 0 Å². The van der Waals surface area contributed by atoms with E-state index in [2.05, 4.69) is 17.9 Å². The first kappa shape index (κ1) is 10.2. The van der Waals surface area contributed by atoms with Crippen molar-refractivity contribution in [1.82, 2.24) is 10.2 Å². The summed E-state index contributed by atoms with van der Waals surface area (Å²) in [6, 6.07) is 0.333. The monoisotopic (exact) mass is 206 g/mol. The van der Waals surface area contributed by atoms with Gasteiger partial charge in [-0.15, -0.1) is 11.8 Å². The van der Waals surface area contributed by atoms with Crippen LogP contribution in [0.5, 0.6) is 0 Å². The lowest BCUT2D eigenvalue weighted by atomic mass is 10.3. The van der Waals surface area contributed by atoms with Crippen LogP contribution in [0.1, 0.15) is 0 Å². The van der Waals surface area contributed by atoms with Crippen molar-refractivity contribution in [3.63, 3.8) is 0 Å². The molecule has 70 valence electrons. The summed E-state index contributed by atoms with van der Waals surface area (Å²) < 4.78 is 0. The van der Waals surface area contributed by atoms with Crippen LogP contribution in [-0.4, -0.2) is 47.8 Å². The molecule has 1 aliphatic rings. The van der Waals surface area contributed by atoms with Gasteiger partial charge in [-0.2, -0.15) is 12.6 Å². The lowest BCUT2D eigenvalue weighted by molar-refractivity contribution is -0.130. The molecule has 0 aromatic heterocycles. The van der Waals surface area contributed by atoms with Crippen LogP contribution >= 0.6 is 24.4 Å². The average molecular weight is 206 g/mol. The molecule has 1 N–H and O–H groups in total. The number of likely N-dealkylation sites (N-methyl/N-ethyl adjacent to an activating group) is 1. The molecule has 0 saturated carbocycles. The Morgan fingerprint density at radius 1 is 1.83 bits per heavy atom. The molecule has 0 spiro atoms. The highest BCUT2D eigenvalue weighted by Crippen LogP contribution is 2.21. The maximum atomic E-state index is 11.4. The molecular weight excluding hydrogens is 192 g/mol. The molecule has 1 aliphatic heterocycles. The van der Waals surface area contributed by atoms with Gasteiger partial charge in [-0.05, 0) is 7.05 Å². The molecule has 1 saturated heterocycles. The Kier molecular flexibility index (Phi) is 4.25. The minimum atomic E-state index is 0.182. The number of thioether (sulfide) groups is 1. The van der Waals surface area contributed by atoms with Gasteiger partial charge in [-0.25, -0.2) is 0 Å². The minimum Gasteiger partial charge on any atom is -0.328 e. The fraction of sp³-hybridized carbons (Fsp3) is 0.857. The van der Waals surface area contributed by atoms with Crippen LogP contribution in [0, 0.1) is 0 Å². The van der Waals surface area contributed by atoms with E-state index in [0.717, 1.165) is 17.4 Å². The van der Waals surface area contributed by atoms with Crippen molar-refractivity contribution >= 4 is 30.3 Å². The summed E-state index contributed by atoms with van der Waals surface area (Å²) >= 11 is 6.01. The normalized spacial score (nSPS) is 23.2. The molecule has 1 rings (SSSR count). The number of nitrogens with zero attached hydrogens (tertiary/aromatic N) is 1. The average Bonchev–Trinajstić information content (AvgIpc) is 2.51. The van der Waals surface area contributed by atoms with E-state index in [-0.39, 0.29) is 5.91 Å². The van der Waals surface area contributed by atoms with Gasteiger partial charge < -0.3 is 10.2 Å². The second-order valence-corrected chi connectivity index (χ2v) is 4.10. The molecule has 5 heteroatoms. The number of nitrogens with one attached hydrogen (secondary N) is 1. The number of amides is 1. The quantitative estimate of drug-likeness (QED) is 0.639. The third kappa shape index (κ3) is 2.31. The molecule has 12 heavy (non-hydrogen) atoms. The van der Waals surface area contributed by atoms with Crippen LogP contribution in [0.4, 0.5) is 0 Å². The van der Waals surface area contributed by atoms with E-state index < -0.39 is 0 Å². The van der Waals surface area contributed by atoms with Crippen molar-refractivity contribution in [2.75, 3.05) is 31.0 Å². The molecule has 3 nitrogen and oxygen atoms in total. The molecule has 0 aromatic rings. The summed E-state index contributed by atoms with van der Waals surface area (Å²) in [4.78, 5) is 13.3. The first-order valence-electron chi connectivity index (χ1n) is 3.92. The number of thiol groups is 1. The molecule has 1 unspecified atom stereocenters. The topological polar surface area (TPSA) is 32.3 Å². The highest BCUT2D eigenvalue weighted by atomic mass is 32.2. The smallest absolute Gasteiger partial charge is 0.237 e. The largest absolute Gasteiger partial charge is 0.328 e. The van der Waals surface area contributed by atoms with Crippen molar-refractivity contribution in [2.45, 2.75) is 6.04 Å². The van der Waals surface area contributed by atoms with Gasteiger partial charge in [0, 0.05) is 11.5 Å². The van der Waals surface area contributed by atoms with E-state index in [4.69, 9.17) is 0 Å². The maximum Gasteiger partial charge on any atom is 0.237 e. The van der Waals surface area contributed by atoms with Gasteiger partial charge in [0.05, 0.1) is 18.5 Å². The number of rotatable bonds is 3. The summed E-state index contributed by atoms with van der Waals surface area (Å²) in [6.07, 6.45) is 0. The second-order valence-electron chi connectivity index (χ2n) is 2.73. The van der Waals surface area contributed by atoms with Gasteiger partial charge in [0.1, 0.15) is 0 Å². The molecule has 1 fully saturated rings. The summed E-state index contributed by atoms with van der Waals surface area (Å²) in [7, 11) is 1.79. The van der Waals surface area contributed by atoms with Gasteiger partial charge in [-0.3, -0.25) is 4.79 Å². The summed E-state index contributed by atoms with van der Waals surface area (Å²) in [5.74, 6) is 2.80. The van der Waals surface area contributed by atoms with Gasteiger partial charge in [-0.1, -0.05) is 0 Å². The van der Waals surface area contributed by atoms with Crippen LogP contribution in [0.2, 0.25) is 0 Å². The molecular formula is C7H14N2OS2. The molecule has 1 atom stereocenters. The van der Waals surface area contributed by atoms with Crippen molar-refractivity contribution in [3.05, 3.63) is 0 Å². The van der Waals surface area contributed by atoms with Crippen molar-refractivity contribution in [3.8, 4) is 0 Å². The zero-order valence-corrected chi connectivity index (χ0v) is 8.83. The predicted octanol–water partition coefficient (Wildman–Crippen LogP) is 0.0371. The third-order valence-electron chi connectivity index (χ3n) is 1.84. The van der Waals surface area contributed by atoms with E-state index in [1.165, 1.54) is 0 Å². The van der Waals surface area contributed by atoms with E-state index in [0.29, 0.717) is 12.6 Å². The van der Waals surface area contributed by atoms with Crippen LogP contribution < -0.4 is 5.32 Å². The van der Waals surface area contributed by atoms with Gasteiger partial charge in [0.15, 0.2) is 0 Å². The molecule has 0 radical (unpaired) electrons. The Morgan fingerprint density at radius 3 is 3.17 bits per heavy atom. The first-order valence-corrected chi connectivity index (χ1v) is 5.71. The van der Waals surface area contributed by atoms with Crippen LogP contribution in [0.25, 0.3) is 0 Å². The zero-order valence-electron chi connectivity index (χ0n) is 7.12. The lowest BCUT2D eigenvalue weighted by Gasteiger charge is -2.21. The molecule has 0 aromatic carbocycles. The lowest BCUT2D eigenvalue weighted by Crippen LogP contribution is -2.41. The molecule has 0 bridgehead atoms. The Balaban J connectivity index is 2.43. The standard InChI is InChI=1S/C7H14N2OS2/c1-8-2-7(10)9-5-12-4-6(9)3-11/h6,8,11H,2-5H2,1H3. The van der Waals surface area contributed by atoms with E-state index in [9.17, 15) is 4.79 Å². The van der Waals surface area contributed by atoms with E-state index in [1.807, 2.05) is 4.90 Å². The van der Waals surface area contributed by atoms with Gasteiger partial charge >= 0.3 is 0 Å². The highest BCUT2D eigenvalue weighted by Gasteiger charge is 2.27. The number of carbonyl (C=O) groups excluding carboxylic acids is 1. The number of hydrogen-bond acceptors (Lipinski definition) is 4. The van der Waals surface area contributed by atoms with Crippen LogP contribution in [-0.2, 0) is 4.79 Å². The molecule has 0 aliphatic carbocycles. The fourth-order valence-corrected chi connectivity index (χ4v) is 2.89. The second kappa shape index (κ2) is 4.99. The predicted molar refractivity (Wildman–Crippen MR) is 55.7 cm³/mol. The van der Waals surface area contributed by atoms with E-state index in [1.54, 1.807) is 18.8 Å². The fourth-order valence-electron chi connectivity index (χ4n) is 1.16.